The molecule has 0 aliphatic carbocycles. The highest BCUT2D eigenvalue weighted by atomic mass is 19.1. The van der Waals surface area contributed by atoms with E-state index in [0.29, 0.717) is 29.8 Å². The predicted molar refractivity (Wildman–Crippen MR) is 115 cm³/mol. The molecule has 0 fully saturated rings. The molecule has 0 unspecified atom stereocenters. The van der Waals surface area contributed by atoms with Crippen molar-refractivity contribution in [2.24, 2.45) is 0 Å². The molecule has 4 aromatic heterocycles. The normalized spacial score (nSPS) is 15.7. The van der Waals surface area contributed by atoms with E-state index in [1.807, 2.05) is 30.5 Å². The molecule has 0 bridgehead atoms. The van der Waals surface area contributed by atoms with Gasteiger partial charge in [-0.2, -0.15) is 5.10 Å². The van der Waals surface area contributed by atoms with Gasteiger partial charge in [0.1, 0.15) is 11.9 Å². The SMILES string of the molecule is Cc1cc(F)ccc1-c1nnc(C(=O)N2CCc3[nH]cnc3[C@H]2c2cc3ccccn3n2)o1. The Hall–Kier alpha value is -4.34. The smallest absolute Gasteiger partial charge is 0.312 e. The Morgan fingerprint density at radius 1 is 1.21 bits per heavy atom. The third-order valence-corrected chi connectivity index (χ3v) is 5.88. The van der Waals surface area contributed by atoms with Crippen molar-refractivity contribution < 1.29 is 13.6 Å². The molecule has 0 spiro atoms. The minimum atomic E-state index is -0.504. The van der Waals surface area contributed by atoms with E-state index in [1.165, 1.54) is 12.1 Å². The number of pyridine rings is 1. The number of H-pyrrole nitrogens is 1. The maximum Gasteiger partial charge on any atom is 0.312 e. The van der Waals surface area contributed by atoms with Gasteiger partial charge in [-0.15, -0.1) is 10.2 Å². The topological polar surface area (TPSA) is 105 Å². The van der Waals surface area contributed by atoms with Crippen LogP contribution < -0.4 is 0 Å². The number of benzene rings is 1. The van der Waals surface area contributed by atoms with Gasteiger partial charge in [0, 0.05) is 30.4 Å². The lowest BCUT2D eigenvalue weighted by atomic mass is 9.99. The molecular formula is C23H18FN7O2. The Bertz CT molecular complexity index is 1470. The first kappa shape index (κ1) is 19.4. The van der Waals surface area contributed by atoms with E-state index in [4.69, 9.17) is 4.42 Å². The first-order valence-electron chi connectivity index (χ1n) is 10.5. The van der Waals surface area contributed by atoms with Crippen LogP contribution in [0.5, 0.6) is 0 Å². The highest BCUT2D eigenvalue weighted by molar-refractivity contribution is 5.90. The van der Waals surface area contributed by atoms with E-state index < -0.39 is 11.9 Å². The van der Waals surface area contributed by atoms with Crippen LogP contribution >= 0.6 is 0 Å². The summed E-state index contributed by atoms with van der Waals surface area (Å²) >= 11 is 0. The van der Waals surface area contributed by atoms with Gasteiger partial charge in [0.25, 0.3) is 0 Å². The Labute approximate surface area is 186 Å². The van der Waals surface area contributed by atoms with Crippen LogP contribution in [0, 0.1) is 12.7 Å². The van der Waals surface area contributed by atoms with E-state index in [2.05, 4.69) is 25.3 Å². The van der Waals surface area contributed by atoms with E-state index in [-0.39, 0.29) is 17.6 Å². The summed E-state index contributed by atoms with van der Waals surface area (Å²) < 4.78 is 21.0. The average molecular weight is 443 g/mol. The van der Waals surface area contributed by atoms with E-state index in [9.17, 15) is 9.18 Å². The van der Waals surface area contributed by atoms with Gasteiger partial charge < -0.3 is 14.3 Å². The number of aromatic nitrogens is 6. The number of fused-ring (bicyclic) bond motifs is 2. The number of amides is 1. The van der Waals surface area contributed by atoms with Gasteiger partial charge in [-0.05, 0) is 48.9 Å². The second kappa shape index (κ2) is 7.37. The maximum atomic E-state index is 13.5. The molecule has 5 heterocycles. The highest BCUT2D eigenvalue weighted by Gasteiger charge is 2.38. The Kier molecular flexibility index (Phi) is 4.32. The molecule has 1 amide bonds. The van der Waals surface area contributed by atoms with Gasteiger partial charge in [0.15, 0.2) is 0 Å². The Morgan fingerprint density at radius 2 is 2.12 bits per heavy atom. The molecule has 0 saturated carbocycles. The van der Waals surface area contributed by atoms with Crippen molar-refractivity contribution in [1.29, 1.82) is 0 Å². The molecule has 164 valence electrons. The highest BCUT2D eigenvalue weighted by Crippen LogP contribution is 2.34. The van der Waals surface area contributed by atoms with Crippen LogP contribution in [0.1, 0.15) is 39.4 Å². The van der Waals surface area contributed by atoms with Gasteiger partial charge in [0.2, 0.25) is 5.89 Å². The van der Waals surface area contributed by atoms with Crippen molar-refractivity contribution in [2.75, 3.05) is 6.54 Å². The Balaban J connectivity index is 1.39. The van der Waals surface area contributed by atoms with E-state index in [0.717, 1.165) is 16.9 Å². The van der Waals surface area contributed by atoms with Crippen LogP contribution in [0.2, 0.25) is 0 Å². The van der Waals surface area contributed by atoms with Crippen molar-refractivity contribution in [3.05, 3.63) is 89.3 Å². The zero-order valence-electron chi connectivity index (χ0n) is 17.6. The van der Waals surface area contributed by atoms with Gasteiger partial charge in [-0.25, -0.2) is 13.9 Å². The molecule has 1 aliphatic rings. The second-order valence-corrected chi connectivity index (χ2v) is 7.93. The number of aromatic amines is 1. The number of imidazole rings is 1. The summed E-state index contributed by atoms with van der Waals surface area (Å²) in [5.41, 5.74) is 4.53. The number of rotatable bonds is 3. The van der Waals surface area contributed by atoms with Crippen molar-refractivity contribution in [3.8, 4) is 11.5 Å². The molecule has 0 radical (unpaired) electrons. The van der Waals surface area contributed by atoms with Crippen molar-refractivity contribution in [2.45, 2.75) is 19.4 Å². The predicted octanol–water partition coefficient (Wildman–Crippen LogP) is 3.34. The molecule has 6 rings (SSSR count). The molecule has 1 atom stereocenters. The van der Waals surface area contributed by atoms with Crippen LogP contribution in [-0.2, 0) is 6.42 Å². The lowest BCUT2D eigenvalue weighted by Crippen LogP contribution is -2.41. The first-order valence-corrected chi connectivity index (χ1v) is 10.5. The quantitative estimate of drug-likeness (QED) is 0.459. The second-order valence-electron chi connectivity index (χ2n) is 7.93. The zero-order valence-corrected chi connectivity index (χ0v) is 17.6. The Morgan fingerprint density at radius 3 is 2.97 bits per heavy atom. The largest absolute Gasteiger partial charge is 0.412 e. The fourth-order valence-electron chi connectivity index (χ4n) is 4.29. The van der Waals surface area contributed by atoms with Gasteiger partial charge in [-0.3, -0.25) is 4.79 Å². The number of hydrogen-bond acceptors (Lipinski definition) is 6. The lowest BCUT2D eigenvalue weighted by Gasteiger charge is -2.32. The van der Waals surface area contributed by atoms with Crippen LogP contribution in [0.4, 0.5) is 4.39 Å². The van der Waals surface area contributed by atoms with Crippen molar-refractivity contribution >= 4 is 11.4 Å². The fraction of sp³-hybridized carbons (Fsp3) is 0.174. The number of hydrogen-bond donors (Lipinski definition) is 1. The van der Waals surface area contributed by atoms with Crippen LogP contribution in [-0.4, -0.2) is 47.1 Å². The number of nitrogens with zero attached hydrogens (tertiary/aromatic N) is 6. The van der Waals surface area contributed by atoms with Gasteiger partial charge in [-0.1, -0.05) is 6.07 Å². The molecule has 1 aliphatic heterocycles. The number of aryl methyl sites for hydroxylation is 1. The van der Waals surface area contributed by atoms with Crippen LogP contribution in [0.15, 0.2) is 59.4 Å². The van der Waals surface area contributed by atoms with Crippen molar-refractivity contribution in [1.82, 2.24) is 34.7 Å². The van der Waals surface area contributed by atoms with Crippen molar-refractivity contribution in [3.63, 3.8) is 0 Å². The molecular weight excluding hydrogens is 425 g/mol. The van der Waals surface area contributed by atoms with Crippen LogP contribution in [0.25, 0.3) is 17.0 Å². The molecule has 10 heteroatoms. The minimum Gasteiger partial charge on any atom is -0.412 e. The molecule has 0 saturated heterocycles. The molecule has 5 aromatic rings. The summed E-state index contributed by atoms with van der Waals surface area (Å²) in [6, 6.07) is 11.5. The summed E-state index contributed by atoms with van der Waals surface area (Å²) in [5.74, 6) is -0.742. The number of carbonyl (C=O) groups is 1. The first-order chi connectivity index (χ1) is 16.1. The molecule has 1 aromatic carbocycles. The molecule has 9 nitrogen and oxygen atoms in total. The summed E-state index contributed by atoms with van der Waals surface area (Å²) in [6.45, 7) is 2.17. The van der Waals surface area contributed by atoms with Gasteiger partial charge in [0.05, 0.1) is 23.2 Å². The summed E-state index contributed by atoms with van der Waals surface area (Å²) in [5, 5.41) is 12.7. The third kappa shape index (κ3) is 3.18. The average Bonchev–Trinajstić information content (AvgIpc) is 3.56. The van der Waals surface area contributed by atoms with E-state index in [1.54, 1.807) is 28.7 Å². The fourth-order valence-corrected chi connectivity index (χ4v) is 4.29. The van der Waals surface area contributed by atoms with Crippen LogP contribution in [0.3, 0.4) is 0 Å². The minimum absolute atomic E-state index is 0.138. The number of carbonyl (C=O) groups excluding carboxylic acids is 1. The number of nitrogens with one attached hydrogen (secondary N) is 1. The standard InChI is InChI=1S/C23H18FN7O2/c1-13-10-14(24)5-6-16(13)21-27-28-22(33-21)23(32)30-9-7-17-19(26-12-25-17)20(30)18-11-15-4-2-3-8-31(15)29-18/h2-6,8,10-12,20H,7,9H2,1H3,(H,25,26)/t20-/m1/s1. The maximum absolute atomic E-state index is 13.5. The summed E-state index contributed by atoms with van der Waals surface area (Å²) in [4.78, 5) is 22.8. The zero-order chi connectivity index (χ0) is 22.5. The van der Waals surface area contributed by atoms with Gasteiger partial charge >= 0.3 is 11.8 Å². The summed E-state index contributed by atoms with van der Waals surface area (Å²) in [6.07, 6.45) is 4.10. The third-order valence-electron chi connectivity index (χ3n) is 5.88. The lowest BCUT2D eigenvalue weighted by molar-refractivity contribution is 0.0646. The molecule has 33 heavy (non-hydrogen) atoms. The van der Waals surface area contributed by atoms with E-state index >= 15 is 0 Å². The summed E-state index contributed by atoms with van der Waals surface area (Å²) in [7, 11) is 0. The molecule has 1 N–H and O–H groups in total. The monoisotopic (exact) mass is 443 g/mol. The number of halogens is 1.